The monoisotopic (exact) mass is 253 g/mol. The Morgan fingerprint density at radius 2 is 1.94 bits per heavy atom. The quantitative estimate of drug-likeness (QED) is 0.618. The van der Waals surface area contributed by atoms with Crippen molar-refractivity contribution in [2.24, 2.45) is 5.73 Å². The first-order valence-electron chi connectivity index (χ1n) is 5.75. The molecule has 1 atom stereocenters. The van der Waals surface area contributed by atoms with Crippen molar-refractivity contribution in [1.29, 1.82) is 0 Å². The first kappa shape index (κ1) is 14.3. The summed E-state index contributed by atoms with van der Waals surface area (Å²) in [6.07, 6.45) is 0.348. The molecular formula is C13H16FNO3. The Kier molecular flexibility index (Phi) is 5.45. The molecule has 18 heavy (non-hydrogen) atoms. The van der Waals surface area contributed by atoms with Crippen molar-refractivity contribution in [3.63, 3.8) is 0 Å². The first-order valence-corrected chi connectivity index (χ1v) is 5.75. The molecule has 0 fully saturated rings. The van der Waals surface area contributed by atoms with Crippen LogP contribution in [-0.4, -0.2) is 24.4 Å². The van der Waals surface area contributed by atoms with Crippen LogP contribution in [0, 0.1) is 5.82 Å². The molecule has 0 aliphatic rings. The van der Waals surface area contributed by atoms with Crippen molar-refractivity contribution in [2.75, 3.05) is 6.61 Å². The molecule has 0 spiro atoms. The number of rotatable bonds is 6. The van der Waals surface area contributed by atoms with Gasteiger partial charge in [0.05, 0.1) is 6.61 Å². The molecule has 0 saturated heterocycles. The van der Waals surface area contributed by atoms with E-state index in [9.17, 15) is 14.0 Å². The number of carbonyl (C=O) groups is 2. The lowest BCUT2D eigenvalue weighted by Crippen LogP contribution is -2.32. The van der Waals surface area contributed by atoms with Gasteiger partial charge < -0.3 is 10.5 Å². The largest absolute Gasteiger partial charge is 0.465 e. The fourth-order valence-corrected chi connectivity index (χ4v) is 1.43. The van der Waals surface area contributed by atoms with Crippen molar-refractivity contribution in [3.8, 4) is 0 Å². The highest BCUT2D eigenvalue weighted by atomic mass is 19.1. The Morgan fingerprint density at radius 1 is 1.33 bits per heavy atom. The number of esters is 1. The van der Waals surface area contributed by atoms with E-state index in [-0.39, 0.29) is 25.2 Å². The van der Waals surface area contributed by atoms with Crippen LogP contribution in [0.25, 0.3) is 0 Å². The summed E-state index contributed by atoms with van der Waals surface area (Å²) in [5.41, 5.74) is 5.98. The molecule has 1 rings (SSSR count). The molecule has 98 valence electrons. The summed E-state index contributed by atoms with van der Waals surface area (Å²) in [5.74, 6) is -1.08. The number of carbonyl (C=O) groups excluding carboxylic acids is 2. The molecule has 4 nitrogen and oxygen atoms in total. The summed E-state index contributed by atoms with van der Waals surface area (Å²) in [5, 5.41) is 0. The van der Waals surface area contributed by atoms with Crippen molar-refractivity contribution in [2.45, 2.75) is 25.8 Å². The van der Waals surface area contributed by atoms with Crippen molar-refractivity contribution < 1.29 is 18.7 Å². The maximum atomic E-state index is 12.7. The third kappa shape index (κ3) is 4.25. The maximum Gasteiger partial charge on any atom is 0.322 e. The van der Waals surface area contributed by atoms with Gasteiger partial charge in [0, 0.05) is 12.0 Å². The molecule has 0 saturated carbocycles. The zero-order valence-electron chi connectivity index (χ0n) is 10.2. The third-order valence-corrected chi connectivity index (χ3v) is 2.44. The van der Waals surface area contributed by atoms with Gasteiger partial charge in [-0.25, -0.2) is 4.39 Å². The highest BCUT2D eigenvalue weighted by Crippen LogP contribution is 2.08. The van der Waals surface area contributed by atoms with E-state index in [1.54, 1.807) is 6.92 Å². The van der Waals surface area contributed by atoms with Crippen LogP contribution < -0.4 is 5.73 Å². The molecule has 1 unspecified atom stereocenters. The average Bonchev–Trinajstić information content (AvgIpc) is 2.36. The lowest BCUT2D eigenvalue weighted by atomic mass is 10.0. The van der Waals surface area contributed by atoms with Crippen molar-refractivity contribution >= 4 is 11.8 Å². The van der Waals surface area contributed by atoms with E-state index in [0.29, 0.717) is 5.56 Å². The minimum atomic E-state index is -0.797. The maximum absolute atomic E-state index is 12.7. The van der Waals surface area contributed by atoms with Gasteiger partial charge in [0.15, 0.2) is 5.78 Å². The van der Waals surface area contributed by atoms with Gasteiger partial charge >= 0.3 is 5.97 Å². The summed E-state index contributed by atoms with van der Waals surface area (Å²) in [7, 11) is 0. The van der Waals surface area contributed by atoms with Crippen molar-refractivity contribution in [3.05, 3.63) is 35.6 Å². The third-order valence-electron chi connectivity index (χ3n) is 2.44. The minimum absolute atomic E-state index is 0.131. The van der Waals surface area contributed by atoms with Crippen LogP contribution >= 0.6 is 0 Å². The van der Waals surface area contributed by atoms with Crippen LogP contribution in [0.2, 0.25) is 0 Å². The number of halogens is 1. The van der Waals surface area contributed by atoms with E-state index >= 15 is 0 Å². The second-order valence-electron chi connectivity index (χ2n) is 3.83. The van der Waals surface area contributed by atoms with Gasteiger partial charge in [0.1, 0.15) is 11.9 Å². The molecule has 0 amide bonds. The molecule has 0 aromatic heterocycles. The average molecular weight is 253 g/mol. The fourth-order valence-electron chi connectivity index (χ4n) is 1.43. The summed E-state index contributed by atoms with van der Waals surface area (Å²) in [4.78, 5) is 22.9. The number of hydrogen-bond acceptors (Lipinski definition) is 4. The number of nitrogens with two attached hydrogens (primary N) is 1. The van der Waals surface area contributed by atoms with E-state index in [1.165, 1.54) is 24.3 Å². The van der Waals surface area contributed by atoms with E-state index in [4.69, 9.17) is 10.5 Å². The number of hydrogen-bond donors (Lipinski definition) is 1. The molecule has 5 heteroatoms. The fraction of sp³-hybridized carbons (Fsp3) is 0.385. The Bertz CT molecular complexity index is 417. The Morgan fingerprint density at radius 3 is 2.50 bits per heavy atom. The molecule has 0 bridgehead atoms. The van der Waals surface area contributed by atoms with Gasteiger partial charge in [-0.3, -0.25) is 9.59 Å². The molecule has 0 radical (unpaired) electrons. The minimum Gasteiger partial charge on any atom is -0.465 e. The Balaban J connectivity index is 2.46. The van der Waals surface area contributed by atoms with Crippen LogP contribution in [0.1, 0.15) is 30.1 Å². The van der Waals surface area contributed by atoms with Gasteiger partial charge in [-0.05, 0) is 37.6 Å². The zero-order valence-corrected chi connectivity index (χ0v) is 10.2. The highest BCUT2D eigenvalue weighted by Gasteiger charge is 2.16. The summed E-state index contributed by atoms with van der Waals surface area (Å²) >= 11 is 0. The molecule has 1 aromatic carbocycles. The molecular weight excluding hydrogens is 237 g/mol. The van der Waals surface area contributed by atoms with Gasteiger partial charge in [-0.2, -0.15) is 0 Å². The van der Waals surface area contributed by atoms with Gasteiger partial charge in [0.25, 0.3) is 0 Å². The number of benzene rings is 1. The smallest absolute Gasteiger partial charge is 0.322 e. The van der Waals surface area contributed by atoms with Crippen LogP contribution in [0.3, 0.4) is 0 Å². The Labute approximate surface area is 105 Å². The van der Waals surface area contributed by atoms with Gasteiger partial charge in [-0.15, -0.1) is 0 Å². The van der Waals surface area contributed by atoms with E-state index < -0.39 is 17.8 Å². The number of Topliss-reactive ketones (excluding diaryl/α,β-unsaturated/α-hetero) is 1. The molecule has 0 heterocycles. The molecule has 0 aliphatic heterocycles. The van der Waals surface area contributed by atoms with Gasteiger partial charge in [-0.1, -0.05) is 0 Å². The van der Waals surface area contributed by atoms with E-state index in [0.717, 1.165) is 0 Å². The summed E-state index contributed by atoms with van der Waals surface area (Å²) in [6.45, 7) is 1.95. The van der Waals surface area contributed by atoms with Gasteiger partial charge in [0.2, 0.25) is 0 Å². The van der Waals surface area contributed by atoms with E-state index in [2.05, 4.69) is 0 Å². The molecule has 2 N–H and O–H groups in total. The van der Waals surface area contributed by atoms with E-state index in [1.807, 2.05) is 0 Å². The SMILES string of the molecule is CCOC(=O)C(N)CCC(=O)c1ccc(F)cc1. The standard InChI is InChI=1S/C13H16FNO3/c1-2-18-13(17)11(15)7-8-12(16)9-3-5-10(14)6-4-9/h3-6,11H,2,7-8,15H2,1H3. The first-order chi connectivity index (χ1) is 8.54. The predicted molar refractivity (Wildman–Crippen MR) is 64.6 cm³/mol. The van der Waals surface area contributed by atoms with Crippen molar-refractivity contribution in [1.82, 2.24) is 0 Å². The second kappa shape index (κ2) is 6.86. The Hall–Kier alpha value is -1.75. The van der Waals surface area contributed by atoms with Crippen LogP contribution in [-0.2, 0) is 9.53 Å². The van der Waals surface area contributed by atoms with Crippen LogP contribution in [0.4, 0.5) is 4.39 Å². The zero-order chi connectivity index (χ0) is 13.5. The number of ketones is 1. The highest BCUT2D eigenvalue weighted by molar-refractivity contribution is 5.96. The summed E-state index contributed by atoms with van der Waals surface area (Å²) < 4.78 is 17.4. The predicted octanol–water partition coefficient (Wildman–Crippen LogP) is 1.68. The number of ether oxygens (including phenoxy) is 1. The van der Waals surface area contributed by atoms with Crippen LogP contribution in [0.5, 0.6) is 0 Å². The lowest BCUT2D eigenvalue weighted by molar-refractivity contribution is -0.144. The topological polar surface area (TPSA) is 69.4 Å². The summed E-state index contributed by atoms with van der Waals surface area (Å²) in [6, 6.07) is 4.47. The lowest BCUT2D eigenvalue weighted by Gasteiger charge is -2.09. The molecule has 0 aliphatic carbocycles. The van der Waals surface area contributed by atoms with Crippen LogP contribution in [0.15, 0.2) is 24.3 Å². The second-order valence-corrected chi connectivity index (χ2v) is 3.83. The molecule has 1 aromatic rings. The normalized spacial score (nSPS) is 11.9.